The van der Waals surface area contributed by atoms with Crippen LogP contribution in [0.15, 0.2) is 78.9 Å². The Bertz CT molecular complexity index is 1220. The molecule has 0 saturated carbocycles. The smallest absolute Gasteiger partial charge is 0.271 e. The van der Waals surface area contributed by atoms with Crippen LogP contribution in [0.2, 0.25) is 5.02 Å². The van der Waals surface area contributed by atoms with E-state index in [1.54, 1.807) is 30.3 Å². The van der Waals surface area contributed by atoms with Gasteiger partial charge in [0.1, 0.15) is 5.92 Å². The lowest BCUT2D eigenvalue weighted by Crippen LogP contribution is -2.37. The molecule has 3 aromatic rings. The van der Waals surface area contributed by atoms with Crippen molar-refractivity contribution in [1.29, 1.82) is 0 Å². The van der Waals surface area contributed by atoms with Gasteiger partial charge in [-0.1, -0.05) is 48.0 Å². The molecule has 0 aromatic heterocycles. The Morgan fingerprint density at radius 2 is 1.59 bits per heavy atom. The first-order valence-corrected chi connectivity index (χ1v) is 10.2. The minimum atomic E-state index is -1.05. The number of hydroxylamine groups is 1. The van der Waals surface area contributed by atoms with Crippen molar-refractivity contribution in [2.45, 2.75) is 12.1 Å². The highest BCUT2D eigenvalue weighted by atomic mass is 35.5. The largest absolute Gasteiger partial charge is 0.273 e. The Balaban J connectivity index is 1.58. The molecule has 2 fully saturated rings. The zero-order valence-corrected chi connectivity index (χ0v) is 17.3. The normalized spacial score (nSPS) is 22.3. The van der Waals surface area contributed by atoms with Crippen molar-refractivity contribution in [3.63, 3.8) is 0 Å². The van der Waals surface area contributed by atoms with Gasteiger partial charge < -0.3 is 0 Å². The summed E-state index contributed by atoms with van der Waals surface area (Å²) in [4.78, 5) is 44.6. The highest BCUT2D eigenvalue weighted by molar-refractivity contribution is 6.31. The minimum Gasteiger partial charge on any atom is -0.273 e. The second-order valence-electron chi connectivity index (χ2n) is 7.50. The van der Waals surface area contributed by atoms with E-state index in [-0.39, 0.29) is 5.69 Å². The Morgan fingerprint density at radius 1 is 0.875 bits per heavy atom. The van der Waals surface area contributed by atoms with Crippen LogP contribution in [0.4, 0.5) is 17.1 Å². The summed E-state index contributed by atoms with van der Waals surface area (Å²) in [5, 5.41) is 13.2. The van der Waals surface area contributed by atoms with Gasteiger partial charge >= 0.3 is 0 Å². The van der Waals surface area contributed by atoms with E-state index in [1.807, 2.05) is 30.3 Å². The third-order valence-electron chi connectivity index (χ3n) is 5.64. The maximum Gasteiger partial charge on any atom is 0.271 e. The molecule has 2 aliphatic rings. The number of carbonyl (C=O) groups excluding carboxylic acids is 2. The van der Waals surface area contributed by atoms with E-state index in [4.69, 9.17) is 16.4 Å². The molecule has 32 heavy (non-hydrogen) atoms. The van der Waals surface area contributed by atoms with Gasteiger partial charge in [-0.3, -0.25) is 24.5 Å². The molecule has 0 spiro atoms. The Labute approximate surface area is 187 Å². The first-order chi connectivity index (χ1) is 15.5. The molecule has 3 aromatic carbocycles. The van der Waals surface area contributed by atoms with Crippen molar-refractivity contribution >= 4 is 40.5 Å². The number of nitrogens with zero attached hydrogens (tertiary/aromatic N) is 3. The number of nitro benzene ring substituents is 1. The van der Waals surface area contributed by atoms with Crippen LogP contribution in [0.3, 0.4) is 0 Å². The molecule has 0 N–H and O–H groups in total. The zero-order chi connectivity index (χ0) is 22.4. The third kappa shape index (κ3) is 3.21. The fourth-order valence-corrected chi connectivity index (χ4v) is 4.34. The van der Waals surface area contributed by atoms with E-state index >= 15 is 0 Å². The number of imide groups is 1. The Morgan fingerprint density at radius 3 is 2.28 bits per heavy atom. The second-order valence-corrected chi connectivity index (χ2v) is 7.93. The highest BCUT2D eigenvalue weighted by Gasteiger charge is 2.60. The number of amides is 2. The van der Waals surface area contributed by atoms with Crippen LogP contribution >= 0.6 is 11.6 Å². The lowest BCUT2D eigenvalue weighted by Gasteiger charge is -2.28. The predicted octanol–water partition coefficient (Wildman–Crippen LogP) is 4.30. The quantitative estimate of drug-likeness (QED) is 0.335. The molecule has 2 saturated heterocycles. The number of rotatable bonds is 4. The van der Waals surface area contributed by atoms with Crippen LogP contribution in [0.1, 0.15) is 11.6 Å². The van der Waals surface area contributed by atoms with Gasteiger partial charge in [-0.05, 0) is 35.9 Å². The van der Waals surface area contributed by atoms with E-state index in [9.17, 15) is 19.7 Å². The molecule has 3 atom stereocenters. The van der Waals surface area contributed by atoms with E-state index in [0.29, 0.717) is 16.4 Å². The van der Waals surface area contributed by atoms with Crippen molar-refractivity contribution < 1.29 is 19.3 Å². The molecule has 2 amide bonds. The SMILES string of the molecule is O=C1[C@H]2[C@H](ON(c3cccc([N+](=O)[O-])c3)[C@@H]2c2ccccc2)C(=O)N1c1ccc(Cl)cc1. The summed E-state index contributed by atoms with van der Waals surface area (Å²) in [6.07, 6.45) is -1.05. The summed E-state index contributed by atoms with van der Waals surface area (Å²) in [6, 6.07) is 20.9. The van der Waals surface area contributed by atoms with Crippen molar-refractivity contribution in [2.75, 3.05) is 9.96 Å². The fraction of sp³-hybridized carbons (Fsp3) is 0.130. The summed E-state index contributed by atoms with van der Waals surface area (Å²) in [7, 11) is 0. The summed E-state index contributed by atoms with van der Waals surface area (Å²) in [5.41, 5.74) is 1.44. The third-order valence-corrected chi connectivity index (χ3v) is 5.89. The summed E-state index contributed by atoms with van der Waals surface area (Å²) in [5.74, 6) is -1.71. The fourth-order valence-electron chi connectivity index (χ4n) is 4.22. The average Bonchev–Trinajstić information content (AvgIpc) is 3.31. The molecule has 2 heterocycles. The number of hydrogen-bond acceptors (Lipinski definition) is 6. The van der Waals surface area contributed by atoms with Gasteiger partial charge in [0.25, 0.3) is 11.6 Å². The molecule has 9 heteroatoms. The predicted molar refractivity (Wildman–Crippen MR) is 117 cm³/mol. The van der Waals surface area contributed by atoms with Gasteiger partial charge in [-0.25, -0.2) is 9.96 Å². The van der Waals surface area contributed by atoms with Crippen LogP contribution in [0, 0.1) is 16.0 Å². The summed E-state index contributed by atoms with van der Waals surface area (Å²) in [6.45, 7) is 0. The molecule has 5 rings (SSSR count). The topological polar surface area (TPSA) is 93.0 Å². The minimum absolute atomic E-state index is 0.115. The van der Waals surface area contributed by atoms with Crippen molar-refractivity contribution in [2.24, 2.45) is 5.92 Å². The molecular formula is C23H16ClN3O5. The number of hydrogen-bond donors (Lipinski definition) is 0. The Hall–Kier alpha value is -3.75. The van der Waals surface area contributed by atoms with Crippen LogP contribution in [-0.2, 0) is 14.4 Å². The van der Waals surface area contributed by atoms with Gasteiger partial charge in [-0.2, -0.15) is 0 Å². The number of non-ortho nitro benzene ring substituents is 1. The number of benzene rings is 3. The molecule has 160 valence electrons. The number of fused-ring (bicyclic) bond motifs is 1. The van der Waals surface area contributed by atoms with Crippen LogP contribution < -0.4 is 9.96 Å². The van der Waals surface area contributed by atoms with Gasteiger partial charge in [0.15, 0.2) is 6.10 Å². The first-order valence-electron chi connectivity index (χ1n) is 9.84. The van der Waals surface area contributed by atoms with Crippen molar-refractivity contribution in [3.05, 3.63) is 99.6 Å². The summed E-state index contributed by atoms with van der Waals surface area (Å²) < 4.78 is 0. The highest BCUT2D eigenvalue weighted by Crippen LogP contribution is 2.47. The molecule has 0 aliphatic carbocycles. The average molecular weight is 450 g/mol. The maximum absolute atomic E-state index is 13.5. The maximum atomic E-state index is 13.5. The van der Waals surface area contributed by atoms with Crippen LogP contribution in [0.5, 0.6) is 0 Å². The van der Waals surface area contributed by atoms with Gasteiger partial charge in [0.05, 0.1) is 22.3 Å². The lowest BCUT2D eigenvalue weighted by molar-refractivity contribution is -0.384. The number of carbonyl (C=O) groups is 2. The monoisotopic (exact) mass is 449 g/mol. The number of nitro groups is 1. The molecule has 0 bridgehead atoms. The first kappa shape index (κ1) is 20.2. The lowest BCUT2D eigenvalue weighted by atomic mass is 9.90. The van der Waals surface area contributed by atoms with E-state index in [2.05, 4.69) is 0 Å². The molecule has 2 aliphatic heterocycles. The Kier molecular flexibility index (Phi) is 4.88. The zero-order valence-electron chi connectivity index (χ0n) is 16.5. The molecule has 0 unspecified atom stereocenters. The van der Waals surface area contributed by atoms with Gasteiger partial charge in [0, 0.05) is 17.2 Å². The van der Waals surface area contributed by atoms with Gasteiger partial charge in [0.2, 0.25) is 5.91 Å². The van der Waals surface area contributed by atoms with E-state index in [1.165, 1.54) is 23.3 Å². The van der Waals surface area contributed by atoms with Crippen LogP contribution in [-0.4, -0.2) is 22.8 Å². The van der Waals surface area contributed by atoms with Crippen LogP contribution in [0.25, 0.3) is 0 Å². The molecule has 8 nitrogen and oxygen atoms in total. The number of halogens is 1. The van der Waals surface area contributed by atoms with E-state index < -0.39 is 34.8 Å². The summed E-state index contributed by atoms with van der Waals surface area (Å²) >= 11 is 5.94. The standard InChI is InChI=1S/C23H16ClN3O5/c24-15-9-11-16(12-10-15)25-22(28)19-20(14-5-2-1-3-6-14)26(32-21(19)23(25)29)17-7-4-8-18(13-17)27(30)31/h1-13,19-21H/t19-,20-,21+/m1/s1. The molecular weight excluding hydrogens is 434 g/mol. The number of anilines is 2. The van der Waals surface area contributed by atoms with Crippen molar-refractivity contribution in [3.8, 4) is 0 Å². The second kappa shape index (κ2) is 7.74. The van der Waals surface area contributed by atoms with Gasteiger partial charge in [-0.15, -0.1) is 0 Å². The molecule has 0 radical (unpaired) electrons. The van der Waals surface area contributed by atoms with E-state index in [0.717, 1.165) is 10.5 Å². The van der Waals surface area contributed by atoms with Crippen molar-refractivity contribution in [1.82, 2.24) is 0 Å².